The van der Waals surface area contributed by atoms with E-state index in [0.29, 0.717) is 29.5 Å². The van der Waals surface area contributed by atoms with E-state index in [1.807, 2.05) is 31.2 Å². The molecule has 1 atom stereocenters. The van der Waals surface area contributed by atoms with Crippen LogP contribution in [0.1, 0.15) is 26.3 Å². The van der Waals surface area contributed by atoms with Crippen LogP contribution < -0.4 is 19.5 Å². The second-order valence-corrected chi connectivity index (χ2v) is 9.02. The van der Waals surface area contributed by atoms with E-state index < -0.39 is 16.1 Å². The molecule has 0 bridgehead atoms. The lowest BCUT2D eigenvalue weighted by Gasteiger charge is -2.15. The monoisotopic (exact) mass is 468 g/mol. The third-order valence-electron chi connectivity index (χ3n) is 4.86. The van der Waals surface area contributed by atoms with Crippen molar-refractivity contribution >= 4 is 27.3 Å². The molecule has 0 aliphatic heterocycles. The number of hydrogen-bond acceptors (Lipinski definition) is 5. The van der Waals surface area contributed by atoms with Crippen molar-refractivity contribution in [1.82, 2.24) is 0 Å². The second-order valence-electron chi connectivity index (χ2n) is 7.33. The molecule has 8 heteroatoms. The molecule has 33 heavy (non-hydrogen) atoms. The Morgan fingerprint density at radius 1 is 0.848 bits per heavy atom. The molecule has 0 radical (unpaired) electrons. The molecule has 0 aliphatic rings. The fourth-order valence-corrected chi connectivity index (χ4v) is 4.08. The van der Waals surface area contributed by atoms with Crippen LogP contribution in [0.5, 0.6) is 11.5 Å². The van der Waals surface area contributed by atoms with Crippen molar-refractivity contribution in [2.45, 2.75) is 38.2 Å². The molecule has 1 amide bonds. The lowest BCUT2D eigenvalue weighted by atomic mass is 10.2. The summed E-state index contributed by atoms with van der Waals surface area (Å²) in [7, 11) is -3.77. The molecule has 0 spiro atoms. The van der Waals surface area contributed by atoms with Crippen LogP contribution in [-0.2, 0) is 21.2 Å². The minimum absolute atomic E-state index is 0.0784. The van der Waals surface area contributed by atoms with E-state index >= 15 is 0 Å². The molecule has 1 unspecified atom stereocenters. The Hall–Kier alpha value is -3.52. The first-order valence-electron chi connectivity index (χ1n) is 10.7. The predicted octanol–water partition coefficient (Wildman–Crippen LogP) is 4.85. The fourth-order valence-electron chi connectivity index (χ4n) is 3.02. The Balaban J connectivity index is 1.59. The highest BCUT2D eigenvalue weighted by atomic mass is 32.2. The molecule has 7 nitrogen and oxygen atoms in total. The van der Waals surface area contributed by atoms with E-state index in [4.69, 9.17) is 9.47 Å². The largest absolute Gasteiger partial charge is 0.494 e. The van der Waals surface area contributed by atoms with Crippen molar-refractivity contribution < 1.29 is 22.7 Å². The number of carbonyl (C=O) groups excluding carboxylic acids is 1. The van der Waals surface area contributed by atoms with Gasteiger partial charge in [0.15, 0.2) is 6.10 Å². The Bertz CT molecular complexity index is 1160. The number of benzene rings is 3. The Labute approximate surface area is 194 Å². The van der Waals surface area contributed by atoms with Crippen LogP contribution in [-0.4, -0.2) is 27.0 Å². The zero-order chi connectivity index (χ0) is 23.8. The Morgan fingerprint density at radius 3 is 2.00 bits per heavy atom. The highest BCUT2D eigenvalue weighted by Gasteiger charge is 2.17. The summed E-state index contributed by atoms with van der Waals surface area (Å²) in [4.78, 5) is 12.5. The van der Waals surface area contributed by atoms with Crippen LogP contribution >= 0.6 is 0 Å². The molecule has 174 valence electrons. The molecule has 0 fully saturated rings. The molecular formula is C25H28N2O5S. The van der Waals surface area contributed by atoms with Crippen LogP contribution in [0.25, 0.3) is 0 Å². The van der Waals surface area contributed by atoms with E-state index in [0.717, 1.165) is 6.42 Å². The zero-order valence-corrected chi connectivity index (χ0v) is 19.7. The van der Waals surface area contributed by atoms with E-state index in [-0.39, 0.29) is 10.8 Å². The third kappa shape index (κ3) is 6.73. The van der Waals surface area contributed by atoms with Gasteiger partial charge < -0.3 is 14.8 Å². The van der Waals surface area contributed by atoms with Crippen LogP contribution in [0.3, 0.4) is 0 Å². The number of anilines is 2. The molecular weight excluding hydrogens is 440 g/mol. The zero-order valence-electron chi connectivity index (χ0n) is 18.9. The smallest absolute Gasteiger partial charge is 0.265 e. The van der Waals surface area contributed by atoms with Gasteiger partial charge in [-0.3, -0.25) is 9.52 Å². The minimum atomic E-state index is -3.77. The molecule has 0 aromatic heterocycles. The van der Waals surface area contributed by atoms with Gasteiger partial charge in [0.05, 0.1) is 11.5 Å². The van der Waals surface area contributed by atoms with Crippen molar-refractivity contribution in [1.29, 1.82) is 0 Å². The van der Waals surface area contributed by atoms with Crippen molar-refractivity contribution in [2.24, 2.45) is 0 Å². The van der Waals surface area contributed by atoms with E-state index in [9.17, 15) is 13.2 Å². The van der Waals surface area contributed by atoms with Crippen molar-refractivity contribution in [3.8, 4) is 11.5 Å². The summed E-state index contributed by atoms with van der Waals surface area (Å²) in [6, 6.07) is 20.2. The number of sulfonamides is 1. The molecule has 3 rings (SSSR count). The van der Waals surface area contributed by atoms with Crippen LogP contribution in [0, 0.1) is 0 Å². The van der Waals surface area contributed by atoms with E-state index in [2.05, 4.69) is 17.0 Å². The van der Waals surface area contributed by atoms with Crippen LogP contribution in [0.15, 0.2) is 77.7 Å². The SMILES string of the molecule is CCOc1ccc(NS(=O)(=O)c2ccc(NC(=O)C(C)Oc3ccc(CC)cc3)cc2)cc1. The summed E-state index contributed by atoms with van der Waals surface area (Å²) in [6.45, 7) is 6.13. The van der Waals surface area contributed by atoms with Crippen LogP contribution in [0.2, 0.25) is 0 Å². The molecule has 0 saturated carbocycles. The molecule has 0 heterocycles. The predicted molar refractivity (Wildman–Crippen MR) is 129 cm³/mol. The minimum Gasteiger partial charge on any atom is -0.494 e. The number of amides is 1. The second kappa shape index (κ2) is 10.9. The number of hydrogen-bond donors (Lipinski definition) is 2. The molecule has 0 saturated heterocycles. The van der Waals surface area contributed by atoms with E-state index in [1.165, 1.54) is 29.8 Å². The van der Waals surface area contributed by atoms with Gasteiger partial charge in [-0.05, 0) is 86.5 Å². The van der Waals surface area contributed by atoms with Gasteiger partial charge in [-0.1, -0.05) is 19.1 Å². The number of ether oxygens (including phenoxy) is 2. The molecule has 2 N–H and O–H groups in total. The van der Waals surface area contributed by atoms with Crippen molar-refractivity contribution in [3.05, 3.63) is 78.4 Å². The quantitative estimate of drug-likeness (QED) is 0.443. The number of nitrogens with one attached hydrogen (secondary N) is 2. The molecule has 3 aromatic carbocycles. The van der Waals surface area contributed by atoms with Gasteiger partial charge in [-0.25, -0.2) is 8.42 Å². The summed E-state index contributed by atoms with van der Waals surface area (Å²) in [5.41, 5.74) is 2.08. The number of rotatable bonds is 10. The van der Waals surface area contributed by atoms with Gasteiger partial charge in [-0.2, -0.15) is 0 Å². The first kappa shape index (κ1) is 24.1. The Morgan fingerprint density at radius 2 is 1.42 bits per heavy atom. The summed E-state index contributed by atoms with van der Waals surface area (Å²) >= 11 is 0. The maximum absolute atomic E-state index is 12.7. The maximum atomic E-state index is 12.7. The molecule has 0 aliphatic carbocycles. The van der Waals surface area contributed by atoms with E-state index in [1.54, 1.807) is 31.2 Å². The normalized spacial score (nSPS) is 12.0. The van der Waals surface area contributed by atoms with Crippen LogP contribution in [0.4, 0.5) is 11.4 Å². The van der Waals surface area contributed by atoms with Gasteiger partial charge in [0.2, 0.25) is 0 Å². The lowest BCUT2D eigenvalue weighted by Crippen LogP contribution is -2.30. The summed E-state index contributed by atoms with van der Waals surface area (Å²) in [5, 5.41) is 2.74. The summed E-state index contributed by atoms with van der Waals surface area (Å²) < 4.78 is 38.9. The topological polar surface area (TPSA) is 93.7 Å². The highest BCUT2D eigenvalue weighted by Crippen LogP contribution is 2.21. The van der Waals surface area contributed by atoms with Gasteiger partial charge in [-0.15, -0.1) is 0 Å². The summed E-state index contributed by atoms with van der Waals surface area (Å²) in [6.07, 6.45) is 0.208. The number of aryl methyl sites for hydroxylation is 1. The summed E-state index contributed by atoms with van der Waals surface area (Å²) in [5.74, 6) is 0.936. The van der Waals surface area contributed by atoms with Gasteiger partial charge in [0.25, 0.3) is 15.9 Å². The first-order valence-corrected chi connectivity index (χ1v) is 12.2. The van der Waals surface area contributed by atoms with Crippen molar-refractivity contribution in [3.63, 3.8) is 0 Å². The standard InChI is InChI=1S/C25H28N2O5S/c1-4-19-6-12-23(13-7-19)32-18(3)25(28)26-20-10-16-24(17-11-20)33(29,30)27-21-8-14-22(15-9-21)31-5-2/h6-18,27H,4-5H2,1-3H3,(H,26,28). The van der Waals surface area contributed by atoms with Gasteiger partial charge in [0, 0.05) is 11.4 Å². The van der Waals surface area contributed by atoms with Gasteiger partial charge >= 0.3 is 0 Å². The average molecular weight is 469 g/mol. The lowest BCUT2D eigenvalue weighted by molar-refractivity contribution is -0.122. The van der Waals surface area contributed by atoms with Crippen molar-refractivity contribution in [2.75, 3.05) is 16.6 Å². The first-order chi connectivity index (χ1) is 15.8. The average Bonchev–Trinajstić information content (AvgIpc) is 2.81. The maximum Gasteiger partial charge on any atom is 0.265 e. The molecule has 3 aromatic rings. The third-order valence-corrected chi connectivity index (χ3v) is 6.26. The number of carbonyl (C=O) groups is 1. The Kier molecular flexibility index (Phi) is 7.95. The van der Waals surface area contributed by atoms with Gasteiger partial charge in [0.1, 0.15) is 11.5 Å². The fraction of sp³-hybridized carbons (Fsp3) is 0.240. The highest BCUT2D eigenvalue weighted by molar-refractivity contribution is 7.92.